The van der Waals surface area contributed by atoms with Gasteiger partial charge in [-0.05, 0) is 17.2 Å². The van der Waals surface area contributed by atoms with Crippen molar-refractivity contribution in [1.82, 2.24) is 4.90 Å². The van der Waals surface area contributed by atoms with Crippen LogP contribution in [-0.2, 0) is 22.7 Å². The summed E-state index contributed by atoms with van der Waals surface area (Å²) in [6.45, 7) is 0.793. The number of halogens is 2. The van der Waals surface area contributed by atoms with E-state index in [0.717, 1.165) is 11.1 Å². The highest BCUT2D eigenvalue weighted by atomic mass is 35.5. The maximum absolute atomic E-state index is 12.1. The Hall–Kier alpha value is -1.88. The van der Waals surface area contributed by atoms with Crippen molar-refractivity contribution in [1.29, 1.82) is 0 Å². The molecule has 0 radical (unpaired) electrons. The second-order valence-corrected chi connectivity index (χ2v) is 6.24. The number of Topliss-reactive ketones (excluding diaryl/α,β-unsaturated/α-hetero) is 1. The molecule has 1 aliphatic rings. The second kappa shape index (κ2) is 6.32. The van der Waals surface area contributed by atoms with Crippen LogP contribution in [-0.4, -0.2) is 22.1 Å². The summed E-state index contributed by atoms with van der Waals surface area (Å²) < 4.78 is 0. The van der Waals surface area contributed by atoms with Crippen molar-refractivity contribution in [2.75, 3.05) is 0 Å². The summed E-state index contributed by atoms with van der Waals surface area (Å²) >= 11 is 11.9. The van der Waals surface area contributed by atoms with Crippen LogP contribution in [0.3, 0.4) is 0 Å². The van der Waals surface area contributed by atoms with Gasteiger partial charge in [0, 0.05) is 24.7 Å². The van der Waals surface area contributed by atoms with Crippen molar-refractivity contribution in [3.8, 4) is 5.75 Å². The summed E-state index contributed by atoms with van der Waals surface area (Å²) in [4.78, 5) is 24.9. The predicted octanol–water partition coefficient (Wildman–Crippen LogP) is 3.52. The van der Waals surface area contributed by atoms with E-state index in [4.69, 9.17) is 23.2 Å². The minimum absolute atomic E-state index is 0.00709. The van der Waals surface area contributed by atoms with Crippen LogP contribution in [0.4, 0.5) is 0 Å². The molecule has 1 atom stereocenters. The highest BCUT2D eigenvalue weighted by molar-refractivity contribution is 6.42. The molecule has 118 valence electrons. The van der Waals surface area contributed by atoms with Crippen LogP contribution in [0.2, 0.25) is 10.0 Å². The van der Waals surface area contributed by atoms with Gasteiger partial charge < -0.3 is 5.11 Å². The largest absolute Gasteiger partial charge is 0.508 e. The summed E-state index contributed by atoms with van der Waals surface area (Å²) in [5.74, 6) is -0.498. The van der Waals surface area contributed by atoms with Crippen molar-refractivity contribution in [2.24, 2.45) is 0 Å². The third-order valence-corrected chi connectivity index (χ3v) is 4.69. The zero-order valence-electron chi connectivity index (χ0n) is 12.0. The van der Waals surface area contributed by atoms with E-state index in [-0.39, 0.29) is 17.3 Å². The first-order valence-electron chi connectivity index (χ1n) is 6.99. The van der Waals surface area contributed by atoms with Crippen LogP contribution >= 0.6 is 23.2 Å². The van der Waals surface area contributed by atoms with Crippen LogP contribution in [0, 0.1) is 0 Å². The average molecular weight is 350 g/mol. The first-order chi connectivity index (χ1) is 11.0. The number of hydrogen-bond acceptors (Lipinski definition) is 4. The number of carbonyl (C=O) groups excluding carboxylic acids is 2. The molecule has 0 fully saturated rings. The van der Waals surface area contributed by atoms with Gasteiger partial charge >= 0.3 is 0 Å². The highest BCUT2D eigenvalue weighted by Crippen LogP contribution is 2.37. The highest BCUT2D eigenvalue weighted by Gasteiger charge is 2.35. The number of benzene rings is 2. The number of rotatable bonds is 4. The number of fused-ring (bicyclic) bond motifs is 1. The average Bonchev–Trinajstić information content (AvgIpc) is 2.89. The van der Waals surface area contributed by atoms with Gasteiger partial charge in [0.15, 0.2) is 6.29 Å². The Kier molecular flexibility index (Phi) is 4.39. The summed E-state index contributed by atoms with van der Waals surface area (Å²) in [5.41, 5.74) is 2.37. The molecule has 2 aromatic rings. The van der Waals surface area contributed by atoms with Crippen LogP contribution < -0.4 is 0 Å². The van der Waals surface area contributed by atoms with E-state index in [0.29, 0.717) is 23.4 Å². The Bertz CT molecular complexity index is 791. The van der Waals surface area contributed by atoms with Gasteiger partial charge in [-0.15, -0.1) is 0 Å². The molecule has 1 heterocycles. The van der Waals surface area contributed by atoms with Gasteiger partial charge in [-0.1, -0.05) is 47.5 Å². The van der Waals surface area contributed by atoms with Crippen molar-refractivity contribution in [3.63, 3.8) is 0 Å². The van der Waals surface area contributed by atoms with Crippen molar-refractivity contribution in [3.05, 3.63) is 63.1 Å². The molecule has 0 aliphatic carbocycles. The summed E-state index contributed by atoms with van der Waals surface area (Å²) in [7, 11) is 0. The van der Waals surface area contributed by atoms with E-state index < -0.39 is 11.8 Å². The van der Waals surface area contributed by atoms with E-state index >= 15 is 0 Å². The van der Waals surface area contributed by atoms with E-state index in [9.17, 15) is 14.7 Å². The summed E-state index contributed by atoms with van der Waals surface area (Å²) in [5, 5.41) is 10.6. The van der Waals surface area contributed by atoms with E-state index in [1.165, 1.54) is 6.07 Å². The molecule has 0 saturated heterocycles. The smallest absolute Gasteiger partial charge is 0.216 e. The molecule has 2 aromatic carbocycles. The molecule has 0 bridgehead atoms. The van der Waals surface area contributed by atoms with Crippen molar-refractivity contribution < 1.29 is 14.7 Å². The third-order valence-electron chi connectivity index (χ3n) is 3.97. The molecule has 4 nitrogen and oxygen atoms in total. The number of phenols is 1. The molecule has 0 aromatic heterocycles. The van der Waals surface area contributed by atoms with Crippen LogP contribution in [0.5, 0.6) is 5.75 Å². The number of phenolic OH excluding ortho intramolecular Hbond substituents is 1. The molecule has 1 aliphatic heterocycles. The first kappa shape index (κ1) is 16.0. The van der Waals surface area contributed by atoms with E-state index in [1.807, 2.05) is 29.2 Å². The Morgan fingerprint density at radius 3 is 2.70 bits per heavy atom. The van der Waals surface area contributed by atoms with Crippen molar-refractivity contribution in [2.45, 2.75) is 19.1 Å². The lowest BCUT2D eigenvalue weighted by molar-refractivity contribution is -0.133. The van der Waals surface area contributed by atoms with Gasteiger partial charge in [0.05, 0.1) is 10.0 Å². The Morgan fingerprint density at radius 2 is 1.96 bits per heavy atom. The zero-order chi connectivity index (χ0) is 16.6. The normalized spacial score (nSPS) is 17.0. The quantitative estimate of drug-likeness (QED) is 0.677. The Balaban J connectivity index is 1.95. The van der Waals surface area contributed by atoms with Gasteiger partial charge in [-0.25, -0.2) is 0 Å². The van der Waals surface area contributed by atoms with Crippen molar-refractivity contribution >= 4 is 35.3 Å². The molecule has 0 saturated carbocycles. The molecular formula is C17H13Cl2NO3. The standard InChI is InChI=1S/C17H13Cl2NO3/c18-13-5-11(15(22)6-14(13)19)8-20-7-10-3-1-2-4-12(10)17(20)16(23)9-21/h1-6,9,17,22H,7-8H2. The second-order valence-electron chi connectivity index (χ2n) is 5.42. The monoisotopic (exact) mass is 349 g/mol. The zero-order valence-corrected chi connectivity index (χ0v) is 13.5. The lowest BCUT2D eigenvalue weighted by Gasteiger charge is -2.23. The van der Waals surface area contributed by atoms with Crippen LogP contribution in [0.25, 0.3) is 0 Å². The molecule has 1 unspecified atom stereocenters. The lowest BCUT2D eigenvalue weighted by atomic mass is 10.0. The van der Waals surface area contributed by atoms with E-state index in [1.54, 1.807) is 6.07 Å². The number of ketones is 1. The number of hydrogen-bond donors (Lipinski definition) is 1. The van der Waals surface area contributed by atoms with E-state index in [2.05, 4.69) is 0 Å². The van der Waals surface area contributed by atoms with Gasteiger partial charge in [-0.2, -0.15) is 0 Å². The molecule has 1 N–H and O–H groups in total. The Morgan fingerprint density at radius 1 is 1.26 bits per heavy atom. The van der Waals surface area contributed by atoms with Gasteiger partial charge in [-0.3, -0.25) is 14.5 Å². The van der Waals surface area contributed by atoms with Gasteiger partial charge in [0.1, 0.15) is 11.8 Å². The SMILES string of the molecule is O=CC(=O)C1c2ccccc2CN1Cc1cc(Cl)c(Cl)cc1O. The third kappa shape index (κ3) is 2.98. The molecule has 0 amide bonds. The fraction of sp³-hybridized carbons (Fsp3) is 0.176. The maximum Gasteiger partial charge on any atom is 0.216 e. The molecule has 6 heteroatoms. The fourth-order valence-electron chi connectivity index (χ4n) is 2.92. The topological polar surface area (TPSA) is 57.6 Å². The number of aromatic hydroxyl groups is 1. The maximum atomic E-state index is 12.1. The first-order valence-corrected chi connectivity index (χ1v) is 7.74. The number of nitrogens with zero attached hydrogens (tertiary/aromatic N) is 1. The predicted molar refractivity (Wildman–Crippen MR) is 87.6 cm³/mol. The van der Waals surface area contributed by atoms with Gasteiger partial charge in [0.2, 0.25) is 5.78 Å². The Labute approximate surface area is 143 Å². The minimum atomic E-state index is -0.641. The summed E-state index contributed by atoms with van der Waals surface area (Å²) in [6.07, 6.45) is 0.342. The lowest BCUT2D eigenvalue weighted by Crippen LogP contribution is -2.28. The van der Waals surface area contributed by atoms with Gasteiger partial charge in [0.25, 0.3) is 0 Å². The molecule has 0 spiro atoms. The van der Waals surface area contributed by atoms with Crippen LogP contribution in [0.1, 0.15) is 22.7 Å². The minimum Gasteiger partial charge on any atom is -0.508 e. The molecule has 3 rings (SSSR count). The fourth-order valence-corrected chi connectivity index (χ4v) is 3.26. The number of aldehydes is 1. The number of carbonyl (C=O) groups is 2. The summed E-state index contributed by atoms with van der Waals surface area (Å²) in [6, 6.07) is 9.80. The van der Waals surface area contributed by atoms with Crippen LogP contribution in [0.15, 0.2) is 36.4 Å². The molecule has 23 heavy (non-hydrogen) atoms. The molecular weight excluding hydrogens is 337 g/mol.